The third-order valence-corrected chi connectivity index (χ3v) is 3.44. The molecular formula is C13H14F3N3. The van der Waals surface area contributed by atoms with E-state index in [1.54, 1.807) is 18.2 Å². The van der Waals surface area contributed by atoms with Crippen molar-refractivity contribution in [2.45, 2.75) is 19.0 Å². The molecule has 102 valence electrons. The molecule has 6 heteroatoms. The fraction of sp³-hybridized carbons (Fsp3) is 0.462. The molecule has 1 aromatic carbocycles. The molecule has 1 saturated heterocycles. The van der Waals surface area contributed by atoms with Gasteiger partial charge >= 0.3 is 6.18 Å². The van der Waals surface area contributed by atoms with E-state index in [9.17, 15) is 13.2 Å². The highest BCUT2D eigenvalue weighted by Gasteiger charge is 2.41. The van der Waals surface area contributed by atoms with Crippen LogP contribution in [0.4, 0.5) is 24.5 Å². The molecule has 0 bridgehead atoms. The zero-order valence-electron chi connectivity index (χ0n) is 10.2. The summed E-state index contributed by atoms with van der Waals surface area (Å²) in [5, 5.41) is 9.04. The van der Waals surface area contributed by atoms with E-state index in [1.165, 1.54) is 0 Å². The van der Waals surface area contributed by atoms with Crippen molar-refractivity contribution in [2.75, 3.05) is 23.7 Å². The first-order valence-electron chi connectivity index (χ1n) is 6.03. The van der Waals surface area contributed by atoms with Crippen LogP contribution in [0.1, 0.15) is 18.4 Å². The quantitative estimate of drug-likeness (QED) is 0.797. The summed E-state index contributed by atoms with van der Waals surface area (Å²) in [6.07, 6.45) is -3.98. The van der Waals surface area contributed by atoms with Gasteiger partial charge in [0.15, 0.2) is 0 Å². The molecule has 19 heavy (non-hydrogen) atoms. The van der Waals surface area contributed by atoms with Crippen LogP contribution in [-0.4, -0.2) is 19.3 Å². The van der Waals surface area contributed by atoms with Crippen LogP contribution in [0.3, 0.4) is 0 Å². The largest absolute Gasteiger partial charge is 0.399 e. The summed E-state index contributed by atoms with van der Waals surface area (Å²) in [6.45, 7) is 0.617. The third kappa shape index (κ3) is 2.92. The third-order valence-electron chi connectivity index (χ3n) is 3.44. The standard InChI is InChI=1S/C13H14F3N3/c14-13(15,16)10-3-5-19(6-4-10)12-2-1-11(18)7-9(12)8-17/h1-2,7,10H,3-6,18H2. The summed E-state index contributed by atoms with van der Waals surface area (Å²) in [7, 11) is 0. The van der Waals surface area contributed by atoms with Gasteiger partial charge in [-0.3, -0.25) is 0 Å². The van der Waals surface area contributed by atoms with Crippen LogP contribution < -0.4 is 10.6 Å². The molecule has 0 amide bonds. The van der Waals surface area contributed by atoms with Gasteiger partial charge in [-0.1, -0.05) is 0 Å². The van der Waals surface area contributed by atoms with Gasteiger partial charge in [-0.25, -0.2) is 0 Å². The molecule has 1 fully saturated rings. The van der Waals surface area contributed by atoms with Crippen molar-refractivity contribution in [2.24, 2.45) is 5.92 Å². The number of nitrogens with zero attached hydrogens (tertiary/aromatic N) is 2. The lowest BCUT2D eigenvalue weighted by atomic mass is 9.95. The van der Waals surface area contributed by atoms with Crippen molar-refractivity contribution in [3.63, 3.8) is 0 Å². The van der Waals surface area contributed by atoms with Crippen LogP contribution in [0.2, 0.25) is 0 Å². The molecule has 1 aromatic rings. The highest BCUT2D eigenvalue weighted by atomic mass is 19.4. The molecule has 2 N–H and O–H groups in total. The summed E-state index contributed by atoms with van der Waals surface area (Å²) >= 11 is 0. The number of nitriles is 1. The number of halogens is 3. The first kappa shape index (κ1) is 13.5. The molecule has 0 atom stereocenters. The summed E-state index contributed by atoms with van der Waals surface area (Å²) in [6, 6.07) is 6.93. The predicted molar refractivity (Wildman–Crippen MR) is 66.6 cm³/mol. The molecular weight excluding hydrogens is 255 g/mol. The Hall–Kier alpha value is -1.90. The van der Waals surface area contributed by atoms with Crippen molar-refractivity contribution in [1.82, 2.24) is 0 Å². The van der Waals surface area contributed by atoms with Crippen molar-refractivity contribution in [1.29, 1.82) is 5.26 Å². The van der Waals surface area contributed by atoms with E-state index in [-0.39, 0.29) is 12.8 Å². The van der Waals surface area contributed by atoms with Crippen LogP contribution in [0.5, 0.6) is 0 Å². The highest BCUT2D eigenvalue weighted by Crippen LogP contribution is 2.36. The average molecular weight is 269 g/mol. The van der Waals surface area contributed by atoms with Crippen LogP contribution in [0.15, 0.2) is 18.2 Å². The van der Waals surface area contributed by atoms with Crippen molar-refractivity contribution >= 4 is 11.4 Å². The lowest BCUT2D eigenvalue weighted by Crippen LogP contribution is -2.39. The van der Waals surface area contributed by atoms with Crippen LogP contribution in [0.25, 0.3) is 0 Å². The fourth-order valence-electron chi connectivity index (χ4n) is 2.37. The van der Waals surface area contributed by atoms with Gasteiger partial charge in [0, 0.05) is 18.8 Å². The van der Waals surface area contributed by atoms with E-state index >= 15 is 0 Å². The van der Waals surface area contributed by atoms with Crippen molar-refractivity contribution in [3.8, 4) is 6.07 Å². The van der Waals surface area contributed by atoms with Gasteiger partial charge in [0.2, 0.25) is 0 Å². The Balaban J connectivity index is 2.12. The van der Waals surface area contributed by atoms with Gasteiger partial charge in [0.1, 0.15) is 6.07 Å². The minimum absolute atomic E-state index is 0.0682. The molecule has 0 aliphatic carbocycles. The minimum atomic E-state index is -4.12. The summed E-state index contributed by atoms with van der Waals surface area (Å²) in [5.41, 5.74) is 7.14. The molecule has 0 spiro atoms. The highest BCUT2D eigenvalue weighted by molar-refractivity contribution is 5.64. The minimum Gasteiger partial charge on any atom is -0.399 e. The summed E-state index contributed by atoms with van der Waals surface area (Å²) in [5.74, 6) is -1.23. The zero-order valence-corrected chi connectivity index (χ0v) is 10.2. The van der Waals surface area contributed by atoms with Crippen LogP contribution >= 0.6 is 0 Å². The van der Waals surface area contributed by atoms with E-state index in [0.29, 0.717) is 30.0 Å². The molecule has 3 nitrogen and oxygen atoms in total. The Morgan fingerprint density at radius 1 is 1.26 bits per heavy atom. The van der Waals surface area contributed by atoms with E-state index in [2.05, 4.69) is 0 Å². The van der Waals surface area contributed by atoms with Crippen LogP contribution in [0, 0.1) is 17.2 Å². The smallest absolute Gasteiger partial charge is 0.391 e. The maximum Gasteiger partial charge on any atom is 0.391 e. The normalized spacial score (nSPS) is 17.3. The summed E-state index contributed by atoms with van der Waals surface area (Å²) in [4.78, 5) is 1.82. The number of piperidine rings is 1. The van der Waals surface area contributed by atoms with Crippen LogP contribution in [-0.2, 0) is 0 Å². The average Bonchev–Trinajstić information content (AvgIpc) is 2.37. The number of rotatable bonds is 1. The Kier molecular flexibility index (Phi) is 3.56. The first-order valence-corrected chi connectivity index (χ1v) is 6.03. The molecule has 1 aliphatic rings. The number of hydrogen-bond acceptors (Lipinski definition) is 3. The summed E-state index contributed by atoms with van der Waals surface area (Å²) < 4.78 is 37.7. The van der Waals surface area contributed by atoms with E-state index < -0.39 is 12.1 Å². The number of anilines is 2. The Morgan fingerprint density at radius 3 is 2.42 bits per heavy atom. The second kappa shape index (κ2) is 5.00. The molecule has 0 saturated carbocycles. The molecule has 2 rings (SSSR count). The van der Waals surface area contributed by atoms with Gasteiger partial charge in [0.05, 0.1) is 17.2 Å². The predicted octanol–water partition coefficient (Wildman–Crippen LogP) is 2.92. The SMILES string of the molecule is N#Cc1cc(N)ccc1N1CCC(C(F)(F)F)CC1. The molecule has 1 aliphatic heterocycles. The van der Waals surface area contributed by atoms with E-state index in [4.69, 9.17) is 11.0 Å². The molecule has 1 heterocycles. The zero-order chi connectivity index (χ0) is 14.0. The van der Waals surface area contributed by atoms with Crippen molar-refractivity contribution in [3.05, 3.63) is 23.8 Å². The van der Waals surface area contributed by atoms with Gasteiger partial charge < -0.3 is 10.6 Å². The second-order valence-electron chi connectivity index (χ2n) is 4.69. The van der Waals surface area contributed by atoms with E-state index in [0.717, 1.165) is 0 Å². The topological polar surface area (TPSA) is 53.1 Å². The number of nitrogen functional groups attached to an aromatic ring is 1. The molecule has 0 radical (unpaired) electrons. The lowest BCUT2D eigenvalue weighted by Gasteiger charge is -2.34. The van der Waals surface area contributed by atoms with Gasteiger partial charge in [-0.15, -0.1) is 0 Å². The number of alkyl halides is 3. The maximum atomic E-state index is 12.6. The van der Waals surface area contributed by atoms with E-state index in [1.807, 2.05) is 11.0 Å². The fourth-order valence-corrected chi connectivity index (χ4v) is 2.37. The lowest BCUT2D eigenvalue weighted by molar-refractivity contribution is -0.179. The number of hydrogen-bond donors (Lipinski definition) is 1. The number of nitrogens with two attached hydrogens (primary N) is 1. The van der Waals surface area contributed by atoms with Gasteiger partial charge in [-0.2, -0.15) is 18.4 Å². The number of benzene rings is 1. The van der Waals surface area contributed by atoms with Gasteiger partial charge in [-0.05, 0) is 31.0 Å². The second-order valence-corrected chi connectivity index (χ2v) is 4.69. The van der Waals surface area contributed by atoms with Gasteiger partial charge in [0.25, 0.3) is 0 Å². The molecule has 0 aromatic heterocycles. The molecule has 0 unspecified atom stereocenters. The Bertz CT molecular complexity index is 497. The van der Waals surface area contributed by atoms with Crippen molar-refractivity contribution < 1.29 is 13.2 Å². The maximum absolute atomic E-state index is 12.6. The Morgan fingerprint density at radius 2 is 1.89 bits per heavy atom. The monoisotopic (exact) mass is 269 g/mol. The Labute approximate surface area is 109 Å². The first-order chi connectivity index (χ1) is 8.91.